The zero-order valence-electron chi connectivity index (χ0n) is 24.2. The fourth-order valence-corrected chi connectivity index (χ4v) is 7.06. The molecule has 0 saturated heterocycles. The molecule has 2 nitrogen and oxygen atoms in total. The first-order chi connectivity index (χ1) is 21.8. The van der Waals surface area contributed by atoms with Gasteiger partial charge in [0.2, 0.25) is 0 Å². The summed E-state index contributed by atoms with van der Waals surface area (Å²) in [7, 11) is 0. The van der Waals surface area contributed by atoms with Crippen LogP contribution in [0.25, 0.3) is 82.9 Å². The molecule has 8 aromatic rings. The van der Waals surface area contributed by atoms with Crippen molar-refractivity contribution in [2.75, 3.05) is 0 Å². The van der Waals surface area contributed by atoms with E-state index in [-0.39, 0.29) is 0 Å². The maximum atomic E-state index is 5.18. The Morgan fingerprint density at radius 1 is 0.500 bits per heavy atom. The Morgan fingerprint density at radius 3 is 2.02 bits per heavy atom. The second-order valence-electron chi connectivity index (χ2n) is 11.7. The number of aromatic nitrogens is 2. The predicted octanol–water partition coefficient (Wildman–Crippen LogP) is 11.0. The molecule has 1 aliphatic carbocycles. The van der Waals surface area contributed by atoms with Gasteiger partial charge in [-0.15, -0.1) is 0 Å². The van der Waals surface area contributed by atoms with Gasteiger partial charge in [-0.25, -0.2) is 4.98 Å². The molecule has 2 heteroatoms. The van der Waals surface area contributed by atoms with Crippen LogP contribution in [0.5, 0.6) is 0 Å². The van der Waals surface area contributed by atoms with Gasteiger partial charge in [0.1, 0.15) is 0 Å². The van der Waals surface area contributed by atoms with Crippen LogP contribution in [0.2, 0.25) is 0 Å². The molecule has 0 amide bonds. The molecule has 0 bridgehead atoms. The molecule has 1 aliphatic rings. The van der Waals surface area contributed by atoms with Crippen molar-refractivity contribution in [2.24, 2.45) is 0 Å². The fraction of sp³-hybridized carbons (Fsp3) is 0.0476. The van der Waals surface area contributed by atoms with Crippen LogP contribution in [0.15, 0.2) is 140 Å². The van der Waals surface area contributed by atoms with Gasteiger partial charge >= 0.3 is 0 Å². The molecule has 9 rings (SSSR count). The summed E-state index contributed by atoms with van der Waals surface area (Å²) >= 11 is 0. The van der Waals surface area contributed by atoms with Gasteiger partial charge in [-0.05, 0) is 92.0 Å². The Labute approximate surface area is 256 Å². The fourth-order valence-electron chi connectivity index (χ4n) is 7.06. The van der Waals surface area contributed by atoms with Gasteiger partial charge in [0.15, 0.2) is 0 Å². The lowest BCUT2D eigenvalue weighted by atomic mass is 9.86. The highest BCUT2D eigenvalue weighted by Gasteiger charge is 2.16. The molecule has 2 heterocycles. The highest BCUT2D eigenvalue weighted by molar-refractivity contribution is 6.08. The number of allylic oxidation sites excluding steroid dienone is 1. The van der Waals surface area contributed by atoms with E-state index >= 15 is 0 Å². The van der Waals surface area contributed by atoms with E-state index in [0.29, 0.717) is 0 Å². The van der Waals surface area contributed by atoms with E-state index in [2.05, 4.69) is 138 Å². The zero-order valence-corrected chi connectivity index (χ0v) is 24.2. The van der Waals surface area contributed by atoms with Crippen LogP contribution >= 0.6 is 0 Å². The smallest absolute Gasteiger partial charge is 0.0972 e. The van der Waals surface area contributed by atoms with Crippen molar-refractivity contribution >= 4 is 49.4 Å². The summed E-state index contributed by atoms with van der Waals surface area (Å²) in [5.74, 6) is 0. The third kappa shape index (κ3) is 3.95. The van der Waals surface area contributed by atoms with Crippen molar-refractivity contribution in [3.8, 4) is 33.5 Å². The molecule has 2 aromatic heterocycles. The van der Waals surface area contributed by atoms with Crippen LogP contribution in [0.4, 0.5) is 0 Å². The lowest BCUT2D eigenvalue weighted by Gasteiger charge is -2.18. The van der Waals surface area contributed by atoms with Crippen LogP contribution in [-0.2, 0) is 6.42 Å². The molecule has 0 unspecified atom stereocenters. The van der Waals surface area contributed by atoms with Gasteiger partial charge in [0, 0.05) is 22.5 Å². The van der Waals surface area contributed by atoms with Gasteiger partial charge in [-0.3, -0.25) is 4.98 Å². The third-order valence-corrected chi connectivity index (χ3v) is 9.17. The van der Waals surface area contributed by atoms with Crippen LogP contribution < -0.4 is 0 Å². The number of hydrogen-bond acceptors (Lipinski definition) is 2. The SMILES string of the molecule is C1=Cc2cc(-c3cccc(-c4ccc(-c5ccc6ccc7cccnc7c6n5)c5ccccc45)c3)c3ccccc3c2CC1. The Bertz CT molecular complexity index is 2450. The van der Waals surface area contributed by atoms with E-state index in [1.807, 2.05) is 12.3 Å². The van der Waals surface area contributed by atoms with Crippen molar-refractivity contribution < 1.29 is 0 Å². The third-order valence-electron chi connectivity index (χ3n) is 9.17. The monoisotopic (exact) mass is 560 g/mol. The molecule has 0 fully saturated rings. The summed E-state index contributed by atoms with van der Waals surface area (Å²) in [5, 5.41) is 7.31. The number of benzene rings is 6. The minimum Gasteiger partial charge on any atom is -0.254 e. The molecule has 0 N–H and O–H groups in total. The molecule has 0 atom stereocenters. The molecule has 0 radical (unpaired) electrons. The van der Waals surface area contributed by atoms with Gasteiger partial charge in [0.25, 0.3) is 0 Å². The van der Waals surface area contributed by atoms with Crippen LogP contribution in [-0.4, -0.2) is 9.97 Å². The van der Waals surface area contributed by atoms with E-state index in [9.17, 15) is 0 Å². The Balaban J connectivity index is 1.20. The van der Waals surface area contributed by atoms with Crippen molar-refractivity contribution in [1.29, 1.82) is 0 Å². The Kier molecular flexibility index (Phi) is 5.67. The van der Waals surface area contributed by atoms with E-state index in [4.69, 9.17) is 4.98 Å². The summed E-state index contributed by atoms with van der Waals surface area (Å²) < 4.78 is 0. The molecular formula is C42H28N2. The maximum Gasteiger partial charge on any atom is 0.0972 e. The molecule has 0 saturated carbocycles. The van der Waals surface area contributed by atoms with E-state index in [1.54, 1.807) is 0 Å². The van der Waals surface area contributed by atoms with Crippen molar-refractivity contribution in [3.05, 3.63) is 151 Å². The predicted molar refractivity (Wildman–Crippen MR) is 186 cm³/mol. The molecule has 206 valence electrons. The van der Waals surface area contributed by atoms with Crippen LogP contribution in [0, 0.1) is 0 Å². The number of hydrogen-bond donors (Lipinski definition) is 0. The number of pyridine rings is 2. The Hall–Kier alpha value is -5.60. The number of rotatable bonds is 3. The maximum absolute atomic E-state index is 5.18. The molecule has 0 aliphatic heterocycles. The largest absolute Gasteiger partial charge is 0.254 e. The second-order valence-corrected chi connectivity index (χ2v) is 11.7. The summed E-state index contributed by atoms with van der Waals surface area (Å²) in [6, 6.07) is 46.1. The van der Waals surface area contributed by atoms with Crippen molar-refractivity contribution in [1.82, 2.24) is 9.97 Å². The Morgan fingerprint density at radius 2 is 1.18 bits per heavy atom. The minimum absolute atomic E-state index is 0.938. The average molecular weight is 561 g/mol. The standard InChI is InChI=1S/C42H28N2/c1-2-13-32-31(9-1)26-39(37-17-6-4-14-34(32)37)30-11-7-10-29(25-30)33-21-22-38(36-16-5-3-15-35(33)36)40-23-20-28-19-18-27-12-8-24-43-41(27)42(28)44-40/h1,3-12,14-26H,2,13H2. The first-order valence-corrected chi connectivity index (χ1v) is 15.3. The van der Waals surface area contributed by atoms with Crippen molar-refractivity contribution in [2.45, 2.75) is 12.8 Å². The van der Waals surface area contributed by atoms with Gasteiger partial charge in [-0.2, -0.15) is 0 Å². The summed E-state index contributed by atoms with van der Waals surface area (Å²) in [6.07, 6.45) is 8.65. The highest BCUT2D eigenvalue weighted by atomic mass is 14.8. The topological polar surface area (TPSA) is 25.8 Å². The van der Waals surface area contributed by atoms with E-state index < -0.39 is 0 Å². The first kappa shape index (κ1) is 24.9. The van der Waals surface area contributed by atoms with Crippen LogP contribution in [0.3, 0.4) is 0 Å². The number of nitrogens with zero attached hydrogens (tertiary/aromatic N) is 2. The number of fused-ring (bicyclic) bond motifs is 7. The molecular weight excluding hydrogens is 532 g/mol. The van der Waals surface area contributed by atoms with E-state index in [0.717, 1.165) is 45.9 Å². The van der Waals surface area contributed by atoms with Crippen LogP contribution in [0.1, 0.15) is 17.5 Å². The summed E-state index contributed by atoms with van der Waals surface area (Å²) in [5.41, 5.74) is 11.7. The normalized spacial score (nSPS) is 12.7. The lowest BCUT2D eigenvalue weighted by Crippen LogP contribution is -1.97. The first-order valence-electron chi connectivity index (χ1n) is 15.3. The second kappa shape index (κ2) is 10.00. The lowest BCUT2D eigenvalue weighted by molar-refractivity contribution is 0.997. The minimum atomic E-state index is 0.938. The summed E-state index contributed by atoms with van der Waals surface area (Å²) in [4.78, 5) is 9.85. The average Bonchev–Trinajstić information content (AvgIpc) is 3.10. The van der Waals surface area contributed by atoms with Gasteiger partial charge in [-0.1, -0.05) is 115 Å². The number of aryl methyl sites for hydroxylation is 1. The highest BCUT2D eigenvalue weighted by Crippen LogP contribution is 2.40. The van der Waals surface area contributed by atoms with Gasteiger partial charge in [0.05, 0.1) is 16.7 Å². The van der Waals surface area contributed by atoms with Crippen molar-refractivity contribution in [3.63, 3.8) is 0 Å². The molecule has 0 spiro atoms. The summed E-state index contributed by atoms with van der Waals surface area (Å²) in [6.45, 7) is 0. The van der Waals surface area contributed by atoms with Gasteiger partial charge < -0.3 is 0 Å². The quantitative estimate of drug-likeness (QED) is 0.201. The van der Waals surface area contributed by atoms with E-state index in [1.165, 1.54) is 54.9 Å². The zero-order chi connectivity index (χ0) is 29.0. The molecule has 6 aromatic carbocycles. The molecule has 44 heavy (non-hydrogen) atoms.